The van der Waals surface area contributed by atoms with Crippen LogP contribution in [-0.4, -0.2) is 21.2 Å². The second-order valence-electron chi connectivity index (χ2n) is 8.44. The minimum atomic E-state index is -1.30. The molecule has 172 valence electrons. The fourth-order valence-corrected chi connectivity index (χ4v) is 4.74. The molecular formula is C24H22Cl2FN3O2S. The van der Waals surface area contributed by atoms with Crippen molar-refractivity contribution in [3.05, 3.63) is 76.3 Å². The van der Waals surface area contributed by atoms with Gasteiger partial charge in [-0.15, -0.1) is 11.3 Å². The van der Waals surface area contributed by atoms with Gasteiger partial charge in [0.25, 0.3) is 0 Å². The third kappa shape index (κ3) is 6.87. The molecule has 0 bridgehead atoms. The molecule has 2 N–H and O–H groups in total. The first-order valence-electron chi connectivity index (χ1n) is 9.98. The number of amides is 1. The van der Waals surface area contributed by atoms with Crippen molar-refractivity contribution >= 4 is 56.5 Å². The number of aromatic nitrogens is 2. The van der Waals surface area contributed by atoms with Crippen molar-refractivity contribution in [2.24, 2.45) is 5.41 Å². The maximum atomic E-state index is 14.3. The molecular weight excluding hydrogens is 484 g/mol. The van der Waals surface area contributed by atoms with Gasteiger partial charge in [-0.2, -0.15) is 0 Å². The summed E-state index contributed by atoms with van der Waals surface area (Å²) in [4.78, 5) is 18.8. The van der Waals surface area contributed by atoms with Crippen molar-refractivity contribution in [3.63, 3.8) is 0 Å². The van der Waals surface area contributed by atoms with Crippen LogP contribution in [-0.2, 0) is 6.42 Å². The number of nitrogens with one attached hydrogen (secondary N) is 1. The normalized spacial score (nSPS) is 11.1. The summed E-state index contributed by atoms with van der Waals surface area (Å²) in [6.07, 6.45) is 1.36. The highest BCUT2D eigenvalue weighted by Crippen LogP contribution is 2.39. The number of benzene rings is 2. The molecule has 0 saturated carbocycles. The molecule has 0 spiro atoms. The molecule has 0 unspecified atom stereocenters. The lowest BCUT2D eigenvalue weighted by Crippen LogP contribution is -2.08. The highest BCUT2D eigenvalue weighted by Gasteiger charge is 2.18. The van der Waals surface area contributed by atoms with Gasteiger partial charge in [-0.25, -0.2) is 19.2 Å². The van der Waals surface area contributed by atoms with E-state index in [2.05, 4.69) is 61.1 Å². The molecule has 2 aromatic carbocycles. The van der Waals surface area contributed by atoms with E-state index in [4.69, 9.17) is 28.3 Å². The first kappa shape index (κ1) is 24.9. The summed E-state index contributed by atoms with van der Waals surface area (Å²) in [5, 5.41) is 11.4. The summed E-state index contributed by atoms with van der Waals surface area (Å²) < 4.78 is 14.9. The van der Waals surface area contributed by atoms with Gasteiger partial charge < -0.3 is 5.11 Å². The van der Waals surface area contributed by atoms with Crippen molar-refractivity contribution in [1.29, 1.82) is 0 Å². The zero-order valence-electron chi connectivity index (χ0n) is 18.2. The van der Waals surface area contributed by atoms with Crippen LogP contribution in [0.25, 0.3) is 20.8 Å². The van der Waals surface area contributed by atoms with Gasteiger partial charge in [0.05, 0.1) is 20.8 Å². The second kappa shape index (κ2) is 10.5. The van der Waals surface area contributed by atoms with Crippen LogP contribution in [0, 0.1) is 11.2 Å². The van der Waals surface area contributed by atoms with Gasteiger partial charge in [0.1, 0.15) is 16.0 Å². The van der Waals surface area contributed by atoms with Crippen LogP contribution >= 0.6 is 34.5 Å². The molecule has 0 fully saturated rings. The van der Waals surface area contributed by atoms with Gasteiger partial charge in [0, 0.05) is 11.9 Å². The lowest BCUT2D eigenvalue weighted by atomic mass is 9.88. The van der Waals surface area contributed by atoms with Crippen molar-refractivity contribution in [2.45, 2.75) is 27.2 Å². The van der Waals surface area contributed by atoms with Crippen LogP contribution in [0.2, 0.25) is 10.2 Å². The topological polar surface area (TPSA) is 75.1 Å². The Bertz CT molecular complexity index is 1250. The Kier molecular flexibility index (Phi) is 7.89. The van der Waals surface area contributed by atoms with E-state index in [-0.39, 0.29) is 21.4 Å². The van der Waals surface area contributed by atoms with Crippen LogP contribution < -0.4 is 5.32 Å². The molecule has 0 radical (unpaired) electrons. The predicted molar refractivity (Wildman–Crippen MR) is 134 cm³/mol. The fraction of sp³-hybridized carbons (Fsp3) is 0.208. The first-order chi connectivity index (χ1) is 15.5. The number of carboxylic acid groups (broad SMARTS) is 1. The number of hydrogen-bond acceptors (Lipinski definition) is 4. The zero-order chi connectivity index (χ0) is 24.2. The Morgan fingerprint density at radius 1 is 1.15 bits per heavy atom. The highest BCUT2D eigenvalue weighted by atomic mass is 35.5. The lowest BCUT2D eigenvalue weighted by Gasteiger charge is -2.17. The average Bonchev–Trinajstić information content (AvgIpc) is 3.12. The molecule has 5 nitrogen and oxygen atoms in total. The average molecular weight is 506 g/mol. The largest absolute Gasteiger partial charge is 0.465 e. The number of fused-ring (bicyclic) bond motifs is 1. The number of carbonyl (C=O) groups is 1. The van der Waals surface area contributed by atoms with Gasteiger partial charge in [-0.05, 0) is 35.6 Å². The molecule has 0 saturated heterocycles. The van der Waals surface area contributed by atoms with E-state index >= 15 is 0 Å². The zero-order valence-corrected chi connectivity index (χ0v) is 20.5. The Morgan fingerprint density at radius 3 is 2.42 bits per heavy atom. The molecule has 0 atom stereocenters. The maximum Gasteiger partial charge on any atom is 0.409 e. The van der Waals surface area contributed by atoms with Crippen molar-refractivity contribution in [3.8, 4) is 10.6 Å². The van der Waals surface area contributed by atoms with Gasteiger partial charge in [-0.1, -0.05) is 74.3 Å². The third-order valence-corrected chi connectivity index (χ3v) is 6.14. The Balaban J connectivity index is 0.000000235. The third-order valence-electron chi connectivity index (χ3n) is 4.35. The van der Waals surface area contributed by atoms with Crippen LogP contribution in [0.15, 0.2) is 54.7 Å². The first-order valence-corrected chi connectivity index (χ1v) is 11.5. The van der Waals surface area contributed by atoms with E-state index in [9.17, 15) is 9.18 Å². The maximum absolute atomic E-state index is 14.3. The van der Waals surface area contributed by atoms with Gasteiger partial charge in [0.2, 0.25) is 0 Å². The van der Waals surface area contributed by atoms with Crippen LogP contribution in [0.5, 0.6) is 0 Å². The van der Waals surface area contributed by atoms with Crippen molar-refractivity contribution in [1.82, 2.24) is 9.97 Å². The van der Waals surface area contributed by atoms with Crippen LogP contribution in [0.4, 0.5) is 14.9 Å². The van der Waals surface area contributed by atoms with Crippen LogP contribution in [0.3, 0.4) is 0 Å². The van der Waals surface area contributed by atoms with Gasteiger partial charge in [-0.3, -0.25) is 5.32 Å². The van der Waals surface area contributed by atoms with Crippen molar-refractivity contribution < 1.29 is 14.3 Å². The summed E-state index contributed by atoms with van der Waals surface area (Å²) in [7, 11) is 0. The lowest BCUT2D eigenvalue weighted by molar-refractivity contribution is 0.209. The number of hydrogen-bond donors (Lipinski definition) is 2. The number of anilines is 1. The molecule has 4 rings (SSSR count). The summed E-state index contributed by atoms with van der Waals surface area (Å²) >= 11 is 13.2. The smallest absolute Gasteiger partial charge is 0.409 e. The van der Waals surface area contributed by atoms with Crippen LogP contribution in [0.1, 0.15) is 26.3 Å². The minimum absolute atomic E-state index is 0.0413. The summed E-state index contributed by atoms with van der Waals surface area (Å²) in [6.45, 7) is 6.79. The molecule has 9 heteroatoms. The molecule has 33 heavy (non-hydrogen) atoms. The standard InChI is InChI=1S/C13H6Cl2FN3O2S.C11H16/c14-6-3-5(18-13(20)21)4-7(16)9(6)12-19-8-1-2-17-11(15)10(8)22-12;1-11(2,3)9-10-7-5-4-6-8-10/h1-4,18H,(H,20,21);4-8H,9H2,1-3H3. The fourth-order valence-electron chi connectivity index (χ4n) is 3.11. The van der Waals surface area contributed by atoms with E-state index in [0.717, 1.165) is 23.8 Å². The van der Waals surface area contributed by atoms with Gasteiger partial charge in [0.15, 0.2) is 0 Å². The SMILES string of the molecule is CC(C)(C)Cc1ccccc1.O=C(O)Nc1cc(F)c(-c2nc3ccnc(Cl)c3s2)c(Cl)c1. The molecule has 0 aliphatic heterocycles. The minimum Gasteiger partial charge on any atom is -0.465 e. The Hall–Kier alpha value is -2.74. The van der Waals surface area contributed by atoms with E-state index in [1.807, 2.05) is 5.32 Å². The number of nitrogens with zero attached hydrogens (tertiary/aromatic N) is 2. The van der Waals surface area contributed by atoms with Crippen molar-refractivity contribution in [2.75, 3.05) is 5.32 Å². The van der Waals surface area contributed by atoms with Gasteiger partial charge >= 0.3 is 6.09 Å². The number of rotatable bonds is 3. The number of pyridine rings is 1. The van der Waals surface area contributed by atoms with E-state index in [0.29, 0.717) is 20.6 Å². The predicted octanol–water partition coefficient (Wildman–Crippen LogP) is 8.17. The molecule has 2 heterocycles. The molecule has 2 aromatic heterocycles. The summed E-state index contributed by atoms with van der Waals surface area (Å²) in [5.74, 6) is -0.681. The summed E-state index contributed by atoms with van der Waals surface area (Å²) in [5.41, 5.74) is 2.55. The Morgan fingerprint density at radius 2 is 1.85 bits per heavy atom. The van der Waals surface area contributed by atoms with E-state index < -0.39 is 11.9 Å². The highest BCUT2D eigenvalue weighted by molar-refractivity contribution is 7.22. The molecule has 0 aliphatic carbocycles. The molecule has 1 amide bonds. The monoisotopic (exact) mass is 505 g/mol. The Labute approximate surface area is 205 Å². The number of halogens is 3. The molecule has 0 aliphatic rings. The quantitative estimate of drug-likeness (QED) is 0.275. The molecule has 4 aromatic rings. The second-order valence-corrected chi connectivity index (χ2v) is 10.2. The summed E-state index contributed by atoms with van der Waals surface area (Å²) in [6, 6.07) is 14.7. The van der Waals surface area contributed by atoms with E-state index in [1.165, 1.54) is 17.8 Å². The van der Waals surface area contributed by atoms with E-state index in [1.54, 1.807) is 6.07 Å². The number of thiazole rings is 1.